The number of carbonyl (C=O) groups excluding carboxylic acids is 2. The maximum absolute atomic E-state index is 14.2. The summed E-state index contributed by atoms with van der Waals surface area (Å²) in [6, 6.07) is 6.73. The molecule has 4 aromatic rings. The lowest BCUT2D eigenvalue weighted by molar-refractivity contribution is -0.137. The molecule has 2 amide bonds. The number of halogens is 2. The molecule has 0 radical (unpaired) electrons. The Balaban J connectivity index is 1.31. The summed E-state index contributed by atoms with van der Waals surface area (Å²) < 4.78 is 21.0. The Morgan fingerprint density at radius 2 is 1.60 bits per heavy atom. The minimum Gasteiger partial charge on any atom is -0.504 e. The van der Waals surface area contributed by atoms with Crippen molar-refractivity contribution in [3.63, 3.8) is 0 Å². The van der Waals surface area contributed by atoms with Crippen molar-refractivity contribution in [3.05, 3.63) is 84.6 Å². The number of hydrogen-bond acceptors (Lipinski definition) is 10. The first-order valence-corrected chi connectivity index (χ1v) is 16.3. The van der Waals surface area contributed by atoms with Crippen LogP contribution in [0.25, 0.3) is 11.0 Å². The number of amides is 2. The van der Waals surface area contributed by atoms with Crippen LogP contribution in [0.5, 0.6) is 23.0 Å². The van der Waals surface area contributed by atoms with E-state index in [1.54, 1.807) is 31.3 Å². The highest BCUT2D eigenvalue weighted by Crippen LogP contribution is 2.63. The zero-order valence-corrected chi connectivity index (χ0v) is 29.1. The van der Waals surface area contributed by atoms with E-state index in [2.05, 4.69) is 4.98 Å². The van der Waals surface area contributed by atoms with E-state index in [4.69, 9.17) is 37.4 Å². The molecule has 1 saturated carbocycles. The minimum absolute atomic E-state index is 0.0565. The average molecular weight is 728 g/mol. The number of carbonyl (C=O) groups is 2. The summed E-state index contributed by atoms with van der Waals surface area (Å²) in [4.78, 5) is 70.1. The first-order valence-electron chi connectivity index (χ1n) is 15.5. The molecule has 0 bridgehead atoms. The topological polar surface area (TPSA) is 169 Å². The van der Waals surface area contributed by atoms with Gasteiger partial charge in [0.15, 0.2) is 32.7 Å². The van der Waals surface area contributed by atoms with E-state index in [1.807, 2.05) is 0 Å². The van der Waals surface area contributed by atoms with Crippen molar-refractivity contribution < 1.29 is 28.9 Å². The Morgan fingerprint density at radius 3 is 2.28 bits per heavy atom. The molecule has 1 aliphatic carbocycles. The molecule has 7 rings (SSSR count). The molecular weight excluding hydrogens is 695 g/mol. The number of alkyl halides is 2. The summed E-state index contributed by atoms with van der Waals surface area (Å²) in [5, 5.41) is 10.3. The van der Waals surface area contributed by atoms with Crippen molar-refractivity contribution in [2.45, 2.75) is 47.6 Å². The Bertz CT molecular complexity index is 2360. The van der Waals surface area contributed by atoms with Crippen molar-refractivity contribution in [3.8, 4) is 23.0 Å². The summed E-state index contributed by atoms with van der Waals surface area (Å²) in [5.41, 5.74) is 0.207. The molecule has 4 atom stereocenters. The minimum atomic E-state index is -2.01. The molecule has 2 fully saturated rings. The van der Waals surface area contributed by atoms with E-state index in [-0.39, 0.29) is 43.1 Å². The second-order valence-corrected chi connectivity index (χ2v) is 13.7. The fraction of sp³-hybridized carbons (Fsp3) is 0.394. The van der Waals surface area contributed by atoms with Crippen molar-refractivity contribution in [1.29, 1.82) is 0 Å². The van der Waals surface area contributed by atoms with E-state index >= 15 is 0 Å². The number of aromatic hydroxyl groups is 1. The summed E-state index contributed by atoms with van der Waals surface area (Å²) in [5.74, 6) is -1.75. The third-order valence-electron chi connectivity index (χ3n) is 10.1. The maximum atomic E-state index is 14.2. The highest BCUT2D eigenvalue weighted by atomic mass is 35.5. The van der Waals surface area contributed by atoms with Crippen molar-refractivity contribution in [2.75, 3.05) is 28.4 Å². The van der Waals surface area contributed by atoms with Gasteiger partial charge in [-0.3, -0.25) is 19.3 Å². The van der Waals surface area contributed by atoms with Crippen molar-refractivity contribution in [1.82, 2.24) is 28.4 Å². The summed E-state index contributed by atoms with van der Waals surface area (Å²) in [7, 11) is 7.20. The number of likely N-dealkylation sites (tertiary alicyclic amines) is 1. The third kappa shape index (κ3) is 4.35. The van der Waals surface area contributed by atoms with Crippen LogP contribution >= 0.6 is 23.2 Å². The summed E-state index contributed by atoms with van der Waals surface area (Å²) in [6.45, 7) is -0.242. The number of methoxy groups -OCH3 is 3. The number of benzene rings is 2. The van der Waals surface area contributed by atoms with Gasteiger partial charge in [-0.05, 0) is 23.3 Å². The second-order valence-electron chi connectivity index (χ2n) is 12.5. The van der Waals surface area contributed by atoms with Crippen LogP contribution in [-0.2, 0) is 36.1 Å². The van der Waals surface area contributed by atoms with Crippen LogP contribution in [0.2, 0.25) is 0 Å². The van der Waals surface area contributed by atoms with E-state index < -0.39 is 50.5 Å². The van der Waals surface area contributed by atoms with Gasteiger partial charge in [0.25, 0.3) is 17.4 Å². The standard InChI is InChI=1S/C33H32Cl2N6O9/c1-37-20-14-25(50-5)24(49-4)13-19(20)36-18(27(37)43)9-10-39-30(46)40-11-8-17-21(41(40)31(39)47)15-32(34)28(44)38(2)29(45)33(32,35)26(17)16-6-7-22(42)23(12-16)48-3/h6-8,12-14,21,26,42H,9-11,15H2,1-5H3. The van der Waals surface area contributed by atoms with Gasteiger partial charge >= 0.3 is 11.4 Å². The van der Waals surface area contributed by atoms with Crippen molar-refractivity contribution >= 4 is 46.0 Å². The predicted molar refractivity (Wildman–Crippen MR) is 181 cm³/mol. The van der Waals surface area contributed by atoms with Gasteiger partial charge in [-0.1, -0.05) is 12.1 Å². The quantitative estimate of drug-likeness (QED) is 0.168. The van der Waals surface area contributed by atoms with Crippen molar-refractivity contribution in [2.24, 2.45) is 7.05 Å². The number of imide groups is 1. The zero-order valence-electron chi connectivity index (χ0n) is 27.6. The molecule has 17 heteroatoms. The average Bonchev–Trinajstić information content (AvgIpc) is 3.43. The number of phenols is 1. The lowest BCUT2D eigenvalue weighted by atomic mass is 9.64. The van der Waals surface area contributed by atoms with Crippen LogP contribution in [0.4, 0.5) is 0 Å². The summed E-state index contributed by atoms with van der Waals surface area (Å²) in [6.07, 6.45) is 1.38. The molecular formula is C33H32Cl2N6O9. The number of fused-ring (bicyclic) bond motifs is 5. The smallest absolute Gasteiger partial charge is 0.347 e. The molecule has 15 nitrogen and oxygen atoms in total. The Hall–Kier alpha value is -5.02. The molecule has 3 aliphatic rings. The zero-order chi connectivity index (χ0) is 36.0. The van der Waals surface area contributed by atoms with Gasteiger partial charge in [0.1, 0.15) is 5.69 Å². The van der Waals surface area contributed by atoms with Crippen LogP contribution < -0.4 is 31.1 Å². The second kappa shape index (κ2) is 11.5. The molecule has 2 aliphatic heterocycles. The van der Waals surface area contributed by atoms with Gasteiger partial charge in [0.05, 0.1) is 44.9 Å². The van der Waals surface area contributed by atoms with Crippen LogP contribution in [0.15, 0.2) is 56.4 Å². The predicted octanol–water partition coefficient (Wildman–Crippen LogP) is 1.65. The number of rotatable bonds is 7. The number of aromatic nitrogens is 5. The van der Waals surface area contributed by atoms with Gasteiger partial charge in [-0.25, -0.2) is 28.5 Å². The van der Waals surface area contributed by atoms with E-state index in [0.717, 1.165) is 9.47 Å². The van der Waals surface area contributed by atoms with Gasteiger partial charge in [0, 0.05) is 51.5 Å². The van der Waals surface area contributed by atoms with E-state index in [1.165, 1.54) is 54.4 Å². The van der Waals surface area contributed by atoms with Gasteiger partial charge in [0.2, 0.25) is 0 Å². The molecule has 4 heterocycles. The van der Waals surface area contributed by atoms with Crippen LogP contribution in [0.3, 0.4) is 0 Å². The fourth-order valence-corrected chi connectivity index (χ4v) is 8.58. The number of hydrogen-bond donors (Lipinski definition) is 1. The molecule has 2 aromatic carbocycles. The van der Waals surface area contributed by atoms with Crippen LogP contribution in [0.1, 0.15) is 29.6 Å². The monoisotopic (exact) mass is 726 g/mol. The van der Waals surface area contributed by atoms with Gasteiger partial charge < -0.3 is 23.9 Å². The SMILES string of the molecule is COc1cc(C2C3=CCn4c(=O)n(CCc5nc6cc(OC)c(OC)cc6n(C)c5=O)c(=O)n4C3CC3(Cl)C(=O)N(C)C(=O)C23Cl)ccc1O. The summed E-state index contributed by atoms with van der Waals surface area (Å²) >= 11 is 14.4. The number of phenolic OH excluding ortho intramolecular Hbond substituents is 1. The maximum Gasteiger partial charge on any atom is 0.347 e. The highest BCUT2D eigenvalue weighted by molar-refractivity contribution is 6.53. The number of nitrogens with zero attached hydrogens (tertiary/aromatic N) is 6. The molecule has 1 N–H and O–H groups in total. The molecule has 262 valence electrons. The third-order valence-corrected chi connectivity index (χ3v) is 11.5. The Labute approximate surface area is 293 Å². The van der Waals surface area contributed by atoms with Gasteiger partial charge in [-0.15, -0.1) is 23.2 Å². The fourth-order valence-electron chi connectivity index (χ4n) is 7.58. The van der Waals surface area contributed by atoms with E-state index in [9.17, 15) is 29.1 Å². The molecule has 0 spiro atoms. The molecule has 50 heavy (non-hydrogen) atoms. The lowest BCUT2D eigenvalue weighted by Gasteiger charge is -2.49. The lowest BCUT2D eigenvalue weighted by Crippen LogP contribution is -2.59. The largest absolute Gasteiger partial charge is 0.504 e. The van der Waals surface area contributed by atoms with Crippen LogP contribution in [0, 0.1) is 0 Å². The highest BCUT2D eigenvalue weighted by Gasteiger charge is 2.74. The first-order chi connectivity index (χ1) is 23.7. The first kappa shape index (κ1) is 33.5. The Morgan fingerprint density at radius 1 is 0.920 bits per heavy atom. The molecule has 4 unspecified atom stereocenters. The van der Waals surface area contributed by atoms with Crippen LogP contribution in [-0.4, -0.2) is 83.4 Å². The van der Waals surface area contributed by atoms with Gasteiger partial charge in [-0.2, -0.15) is 0 Å². The number of aryl methyl sites for hydroxylation is 2. The number of ether oxygens (including phenoxy) is 3. The normalized spacial score (nSPS) is 24.1. The molecule has 1 saturated heterocycles. The van der Waals surface area contributed by atoms with E-state index in [0.29, 0.717) is 33.7 Å². The Kier molecular flexibility index (Phi) is 7.71. The number of allylic oxidation sites excluding steroid dienone is 2. The molecule has 2 aromatic heterocycles.